The molecule has 1 heterocycles. The number of carboxylic acids is 1. The predicted octanol–water partition coefficient (Wildman–Crippen LogP) is -0.491. The van der Waals surface area contributed by atoms with Crippen LogP contribution in [0.1, 0.15) is 20.3 Å². The minimum absolute atomic E-state index is 0.421. The zero-order chi connectivity index (χ0) is 13.6. The molecule has 0 bridgehead atoms. The molecule has 6 heteroatoms. The number of carbonyl (C=O) groups is 2. The molecule has 1 saturated heterocycles. The van der Waals surface area contributed by atoms with E-state index in [-0.39, 0.29) is 0 Å². The van der Waals surface area contributed by atoms with Gasteiger partial charge < -0.3 is 20.6 Å². The van der Waals surface area contributed by atoms with E-state index in [9.17, 15) is 9.59 Å². The number of rotatable bonds is 6. The summed E-state index contributed by atoms with van der Waals surface area (Å²) >= 11 is 0. The molecule has 0 unspecified atom stereocenters. The van der Waals surface area contributed by atoms with Crippen molar-refractivity contribution >= 4 is 11.9 Å². The first-order chi connectivity index (χ1) is 8.44. The van der Waals surface area contributed by atoms with Crippen molar-refractivity contribution in [1.29, 1.82) is 0 Å². The molecule has 0 aromatic rings. The van der Waals surface area contributed by atoms with E-state index < -0.39 is 17.3 Å². The Morgan fingerprint density at radius 2 is 1.94 bits per heavy atom. The molecule has 0 atom stereocenters. The second-order valence-corrected chi connectivity index (χ2v) is 5.13. The topological polar surface area (TPSA) is 81.7 Å². The van der Waals surface area contributed by atoms with Gasteiger partial charge in [-0.05, 0) is 26.8 Å². The van der Waals surface area contributed by atoms with E-state index in [1.165, 1.54) is 13.8 Å². The molecule has 0 saturated carbocycles. The summed E-state index contributed by atoms with van der Waals surface area (Å²) in [5, 5.41) is 14.9. The van der Waals surface area contributed by atoms with Crippen LogP contribution in [0.25, 0.3) is 0 Å². The maximum atomic E-state index is 11.6. The number of amides is 1. The summed E-state index contributed by atoms with van der Waals surface area (Å²) < 4.78 is 0. The van der Waals surface area contributed by atoms with Gasteiger partial charge in [-0.2, -0.15) is 0 Å². The van der Waals surface area contributed by atoms with Gasteiger partial charge in [0.15, 0.2) is 0 Å². The van der Waals surface area contributed by atoms with Gasteiger partial charge in [-0.3, -0.25) is 9.59 Å². The molecule has 1 amide bonds. The molecule has 1 aliphatic rings. The zero-order valence-electron chi connectivity index (χ0n) is 11.2. The van der Waals surface area contributed by atoms with Gasteiger partial charge in [0.1, 0.15) is 5.41 Å². The molecule has 0 aliphatic carbocycles. The van der Waals surface area contributed by atoms with Crippen LogP contribution in [0.5, 0.6) is 0 Å². The summed E-state index contributed by atoms with van der Waals surface area (Å²) in [5.41, 5.74) is -1.35. The molecule has 1 rings (SSSR count). The first-order valence-corrected chi connectivity index (χ1v) is 6.39. The van der Waals surface area contributed by atoms with Crippen LogP contribution in [0, 0.1) is 5.41 Å². The zero-order valence-corrected chi connectivity index (χ0v) is 11.2. The lowest BCUT2D eigenvalue weighted by Crippen LogP contribution is -2.45. The average molecular weight is 257 g/mol. The Kier molecular flexibility index (Phi) is 5.55. The monoisotopic (exact) mass is 257 g/mol. The van der Waals surface area contributed by atoms with Crippen LogP contribution in [-0.4, -0.2) is 61.2 Å². The van der Waals surface area contributed by atoms with Crippen molar-refractivity contribution in [2.45, 2.75) is 20.3 Å². The number of aliphatic carboxylic acids is 1. The molecule has 104 valence electrons. The smallest absolute Gasteiger partial charge is 0.318 e. The van der Waals surface area contributed by atoms with E-state index in [2.05, 4.69) is 15.5 Å². The highest BCUT2D eigenvalue weighted by Gasteiger charge is 2.35. The Balaban J connectivity index is 2.17. The second kappa shape index (κ2) is 6.70. The van der Waals surface area contributed by atoms with Gasteiger partial charge in [0.05, 0.1) is 0 Å². The van der Waals surface area contributed by atoms with Crippen LogP contribution >= 0.6 is 0 Å². The van der Waals surface area contributed by atoms with Crippen LogP contribution in [0.15, 0.2) is 0 Å². The highest BCUT2D eigenvalue weighted by atomic mass is 16.4. The minimum Gasteiger partial charge on any atom is -0.480 e. The predicted molar refractivity (Wildman–Crippen MR) is 68.4 cm³/mol. The number of carboxylic acid groups (broad SMARTS) is 1. The van der Waals surface area contributed by atoms with Crippen molar-refractivity contribution in [2.75, 3.05) is 39.3 Å². The van der Waals surface area contributed by atoms with Gasteiger partial charge >= 0.3 is 5.97 Å². The number of hydrogen-bond donors (Lipinski definition) is 3. The van der Waals surface area contributed by atoms with Crippen LogP contribution in [0.2, 0.25) is 0 Å². The first-order valence-electron chi connectivity index (χ1n) is 6.39. The normalized spacial score (nSPS) is 17.4. The van der Waals surface area contributed by atoms with Gasteiger partial charge in [0, 0.05) is 32.7 Å². The summed E-state index contributed by atoms with van der Waals surface area (Å²) in [4.78, 5) is 24.8. The molecular formula is C12H23N3O3. The van der Waals surface area contributed by atoms with Crippen LogP contribution in [0.4, 0.5) is 0 Å². The quantitative estimate of drug-likeness (QED) is 0.442. The number of hydrogen-bond acceptors (Lipinski definition) is 4. The lowest BCUT2D eigenvalue weighted by atomic mass is 9.93. The van der Waals surface area contributed by atoms with E-state index in [4.69, 9.17) is 5.11 Å². The Morgan fingerprint density at radius 1 is 1.33 bits per heavy atom. The Hall–Kier alpha value is -1.14. The van der Waals surface area contributed by atoms with E-state index in [1.807, 2.05) is 0 Å². The molecule has 0 aromatic heterocycles. The Bertz CT molecular complexity index is 299. The summed E-state index contributed by atoms with van der Waals surface area (Å²) in [5.74, 6) is -1.52. The van der Waals surface area contributed by atoms with E-state index in [1.54, 1.807) is 0 Å². The second-order valence-electron chi connectivity index (χ2n) is 5.13. The third kappa shape index (κ3) is 4.27. The van der Waals surface area contributed by atoms with Gasteiger partial charge in [0.2, 0.25) is 5.91 Å². The van der Waals surface area contributed by atoms with E-state index >= 15 is 0 Å². The highest BCUT2D eigenvalue weighted by Crippen LogP contribution is 2.14. The van der Waals surface area contributed by atoms with Gasteiger partial charge in [0.25, 0.3) is 0 Å². The summed E-state index contributed by atoms with van der Waals surface area (Å²) in [6.45, 7) is 8.40. The van der Waals surface area contributed by atoms with Crippen molar-refractivity contribution in [3.05, 3.63) is 0 Å². The minimum atomic E-state index is -1.35. The molecule has 0 aromatic carbocycles. The molecular weight excluding hydrogens is 234 g/mol. The molecule has 6 nitrogen and oxygen atoms in total. The number of nitrogens with zero attached hydrogens (tertiary/aromatic N) is 1. The summed E-state index contributed by atoms with van der Waals surface area (Å²) in [6, 6.07) is 0. The summed E-state index contributed by atoms with van der Waals surface area (Å²) in [6.07, 6.45) is 0.849. The summed E-state index contributed by atoms with van der Waals surface area (Å²) in [7, 11) is 0. The van der Waals surface area contributed by atoms with Gasteiger partial charge in [-0.15, -0.1) is 0 Å². The Labute approximate surface area is 108 Å². The molecule has 1 aliphatic heterocycles. The van der Waals surface area contributed by atoms with Crippen LogP contribution < -0.4 is 10.6 Å². The van der Waals surface area contributed by atoms with Crippen molar-refractivity contribution < 1.29 is 14.7 Å². The van der Waals surface area contributed by atoms with E-state index in [0.29, 0.717) is 6.54 Å². The number of piperazine rings is 1. The van der Waals surface area contributed by atoms with Crippen molar-refractivity contribution in [3.8, 4) is 0 Å². The molecule has 0 spiro atoms. The first kappa shape index (κ1) is 14.9. The molecule has 0 radical (unpaired) electrons. The van der Waals surface area contributed by atoms with Gasteiger partial charge in [-0.25, -0.2) is 0 Å². The standard InChI is InChI=1S/C12H23N3O3/c1-12(2,11(17)18)10(16)14-4-3-7-15-8-5-13-6-9-15/h13H,3-9H2,1-2H3,(H,14,16)(H,17,18). The van der Waals surface area contributed by atoms with E-state index in [0.717, 1.165) is 39.1 Å². The fourth-order valence-electron chi connectivity index (χ4n) is 1.76. The van der Waals surface area contributed by atoms with Crippen LogP contribution in [-0.2, 0) is 9.59 Å². The number of carbonyl (C=O) groups excluding carboxylic acids is 1. The SMILES string of the molecule is CC(C)(C(=O)O)C(=O)NCCCN1CCNCC1. The fourth-order valence-corrected chi connectivity index (χ4v) is 1.76. The lowest BCUT2D eigenvalue weighted by molar-refractivity contribution is -0.153. The lowest BCUT2D eigenvalue weighted by Gasteiger charge is -2.27. The van der Waals surface area contributed by atoms with Crippen molar-refractivity contribution in [3.63, 3.8) is 0 Å². The largest absolute Gasteiger partial charge is 0.480 e. The highest BCUT2D eigenvalue weighted by molar-refractivity contribution is 6.00. The maximum absolute atomic E-state index is 11.6. The molecule has 18 heavy (non-hydrogen) atoms. The van der Waals surface area contributed by atoms with Crippen molar-refractivity contribution in [2.24, 2.45) is 5.41 Å². The molecule has 3 N–H and O–H groups in total. The maximum Gasteiger partial charge on any atom is 0.318 e. The van der Waals surface area contributed by atoms with Crippen molar-refractivity contribution in [1.82, 2.24) is 15.5 Å². The Morgan fingerprint density at radius 3 is 2.50 bits per heavy atom. The van der Waals surface area contributed by atoms with Gasteiger partial charge in [-0.1, -0.05) is 0 Å². The third-order valence-corrected chi connectivity index (χ3v) is 3.25. The third-order valence-electron chi connectivity index (χ3n) is 3.25. The number of nitrogens with one attached hydrogen (secondary N) is 2. The average Bonchev–Trinajstić information content (AvgIpc) is 2.35. The van der Waals surface area contributed by atoms with Crippen LogP contribution in [0.3, 0.4) is 0 Å². The fraction of sp³-hybridized carbons (Fsp3) is 0.833. The molecule has 1 fully saturated rings.